The Labute approximate surface area is 580 Å². The summed E-state index contributed by atoms with van der Waals surface area (Å²) in [7, 11) is 0. The normalized spacial score (nSPS) is 17.6. The maximum atomic E-state index is 14.6. The molecular weight excluding hydrogens is 1300 g/mol. The first-order chi connectivity index (χ1) is 46.5. The molecule has 5 saturated heterocycles. The Bertz CT molecular complexity index is 3980. The zero-order valence-electron chi connectivity index (χ0n) is 54.0. The molecule has 0 aliphatic carbocycles. The van der Waals surface area contributed by atoms with Crippen LogP contribution in [0.2, 0.25) is 20.1 Å². The highest BCUT2D eigenvalue weighted by Crippen LogP contribution is 2.37. The van der Waals surface area contributed by atoms with Crippen LogP contribution in [-0.4, -0.2) is 184 Å². The van der Waals surface area contributed by atoms with E-state index >= 15 is 0 Å². The third-order valence-electron chi connectivity index (χ3n) is 18.9. The minimum Gasteiger partial charge on any atom is -0.352 e. The van der Waals surface area contributed by atoms with Crippen molar-refractivity contribution in [3.05, 3.63) is 186 Å². The van der Waals surface area contributed by atoms with E-state index in [0.717, 1.165) is 99.3 Å². The number of carbonyl (C=O) groups is 6. The third kappa shape index (κ3) is 17.2. The van der Waals surface area contributed by atoms with E-state index in [4.69, 9.17) is 56.5 Å². The summed E-state index contributed by atoms with van der Waals surface area (Å²) in [4.78, 5) is 108. The number of hydrogen-bond donors (Lipinski definition) is 3. The molecule has 8 heterocycles. The number of piperidine rings is 3. The number of anilines is 5. The zero-order chi connectivity index (χ0) is 66.8. The lowest BCUT2D eigenvalue weighted by Gasteiger charge is -2.37. The van der Waals surface area contributed by atoms with Crippen LogP contribution >= 0.6 is 46.4 Å². The first kappa shape index (κ1) is 67.9. The molecule has 96 heavy (non-hydrogen) atoms. The number of aromatic nitrogens is 4. The lowest BCUT2D eigenvalue weighted by molar-refractivity contribution is -0.133. The second-order valence-electron chi connectivity index (χ2n) is 25.8. The van der Waals surface area contributed by atoms with Gasteiger partial charge in [0, 0.05) is 128 Å². The molecule has 1 atom stereocenters. The number of pyridine rings is 2. The Morgan fingerprint density at radius 1 is 0.458 bits per heavy atom. The van der Waals surface area contributed by atoms with Crippen molar-refractivity contribution < 1.29 is 28.8 Å². The molecule has 4 aromatic carbocycles. The SMILES string of the molecule is Cc1cc(Cc2cc(Cl)cc(C(=O)Nc3cc(Cl)cnc3N3CCN(C(=O)CN4CCCCC4)CC(c4cc(Cl)cc(C(=O)Nc5cc(Cl)cnc5N5CCN(C(=O)CN6CCCCC6)CC5)c4)C3)c2)n(CC(=O)N2CCC(c3ccccc3NC(=O)c3ccccc3)CC2)n1. The molecule has 7 aromatic rings. The fraction of sp³-hybridized carbons (Fsp3) is 0.403. The van der Waals surface area contributed by atoms with Gasteiger partial charge in [-0.25, -0.2) is 9.97 Å². The molecular formula is C72H80Cl4N14O6. The average Bonchev–Trinajstić information content (AvgIpc) is 1.44. The fourth-order valence-electron chi connectivity index (χ4n) is 13.9. The highest BCUT2D eigenvalue weighted by Gasteiger charge is 2.33. The van der Waals surface area contributed by atoms with Crippen LogP contribution in [0.4, 0.5) is 28.7 Å². The molecule has 0 bridgehead atoms. The highest BCUT2D eigenvalue weighted by atomic mass is 35.5. The number of benzene rings is 4. The van der Waals surface area contributed by atoms with E-state index in [1.54, 1.807) is 65.5 Å². The van der Waals surface area contributed by atoms with Gasteiger partial charge < -0.3 is 40.4 Å². The summed E-state index contributed by atoms with van der Waals surface area (Å²) < 4.78 is 1.72. The van der Waals surface area contributed by atoms with Gasteiger partial charge in [0.2, 0.25) is 17.7 Å². The van der Waals surface area contributed by atoms with Crippen LogP contribution in [0.15, 0.2) is 122 Å². The monoisotopic (exact) mass is 1380 g/mol. The molecule has 5 aliphatic rings. The second-order valence-corrected chi connectivity index (χ2v) is 27.5. The molecule has 3 aromatic heterocycles. The Morgan fingerprint density at radius 3 is 1.62 bits per heavy atom. The largest absolute Gasteiger partial charge is 0.352 e. The molecule has 0 saturated carbocycles. The van der Waals surface area contributed by atoms with Gasteiger partial charge in [0.05, 0.1) is 40.2 Å². The van der Waals surface area contributed by atoms with E-state index < -0.39 is 17.7 Å². The van der Waals surface area contributed by atoms with Crippen molar-refractivity contribution in [3.63, 3.8) is 0 Å². The van der Waals surface area contributed by atoms with Crippen molar-refractivity contribution in [2.75, 3.05) is 130 Å². The minimum absolute atomic E-state index is 0.0152. The van der Waals surface area contributed by atoms with Gasteiger partial charge in [-0.1, -0.05) is 95.6 Å². The van der Waals surface area contributed by atoms with Gasteiger partial charge in [-0.15, -0.1) is 0 Å². The Balaban J connectivity index is 0.729. The molecule has 6 amide bonds. The van der Waals surface area contributed by atoms with Crippen molar-refractivity contribution in [2.24, 2.45) is 0 Å². The zero-order valence-corrected chi connectivity index (χ0v) is 57.0. The maximum Gasteiger partial charge on any atom is 0.255 e. The lowest BCUT2D eigenvalue weighted by atomic mass is 9.88. The molecule has 3 N–H and O–H groups in total. The molecule has 5 fully saturated rings. The number of amides is 6. The van der Waals surface area contributed by atoms with E-state index in [1.165, 1.54) is 12.6 Å². The van der Waals surface area contributed by atoms with Crippen molar-refractivity contribution >= 4 is 111 Å². The summed E-state index contributed by atoms with van der Waals surface area (Å²) in [5.74, 6) is -0.338. The maximum absolute atomic E-state index is 14.6. The summed E-state index contributed by atoms with van der Waals surface area (Å²) in [6.07, 6.45) is 11.5. The van der Waals surface area contributed by atoms with Crippen molar-refractivity contribution in [3.8, 4) is 0 Å². The van der Waals surface area contributed by atoms with Crippen LogP contribution in [0.1, 0.15) is 122 Å². The standard InChI is InChI=1S/C72H80Cl4N14O6/c1-48-31-60(90(82-48)47-67(93)85-23-17-50(18-24-85)61-15-7-8-16-62(61)79-70(94)51-13-5-2-6-14-51)34-49-32-53(37-56(73)33-49)71(95)81-64-40-59(76)42-78-69(64)89-30-29-88(66(92)46-84-21-11-4-12-22-84)43-55(44-89)52-35-54(38-57(74)36-52)72(96)80-63-39-58(75)41-77-68(63)87-27-25-86(26-28-87)65(91)45-83-19-9-3-10-20-83/h2,5-8,13-16,31-33,35-42,50,55H,3-4,9-12,17-30,34,43-47H2,1H3,(H,79,94)(H,80,96)(H,81,95). The summed E-state index contributed by atoms with van der Waals surface area (Å²) in [5.41, 5.74) is 6.64. The first-order valence-electron chi connectivity index (χ1n) is 33.3. The molecule has 12 rings (SSSR count). The van der Waals surface area contributed by atoms with Crippen LogP contribution in [0.5, 0.6) is 0 Å². The molecule has 0 radical (unpaired) electrons. The Kier molecular flexibility index (Phi) is 22.2. The van der Waals surface area contributed by atoms with Crippen molar-refractivity contribution in [2.45, 2.75) is 83.1 Å². The molecule has 20 nitrogen and oxygen atoms in total. The number of hydrogen-bond acceptors (Lipinski definition) is 13. The van der Waals surface area contributed by atoms with E-state index in [0.29, 0.717) is 128 Å². The quantitative estimate of drug-likeness (QED) is 0.0732. The van der Waals surface area contributed by atoms with Crippen LogP contribution in [-0.2, 0) is 27.3 Å². The topological polar surface area (TPSA) is 205 Å². The van der Waals surface area contributed by atoms with Crippen LogP contribution < -0.4 is 25.8 Å². The van der Waals surface area contributed by atoms with Crippen LogP contribution in [0.3, 0.4) is 0 Å². The molecule has 502 valence electrons. The number of piperazine rings is 1. The van der Waals surface area contributed by atoms with Gasteiger partial charge in [0.15, 0.2) is 11.6 Å². The van der Waals surface area contributed by atoms with Gasteiger partial charge in [0.1, 0.15) is 6.54 Å². The third-order valence-corrected chi connectivity index (χ3v) is 19.8. The van der Waals surface area contributed by atoms with Gasteiger partial charge >= 0.3 is 0 Å². The Morgan fingerprint density at radius 2 is 0.979 bits per heavy atom. The molecule has 1 unspecified atom stereocenters. The lowest BCUT2D eigenvalue weighted by Crippen LogP contribution is -2.52. The van der Waals surface area contributed by atoms with Gasteiger partial charge in [-0.2, -0.15) is 5.10 Å². The summed E-state index contributed by atoms with van der Waals surface area (Å²) >= 11 is 27.1. The van der Waals surface area contributed by atoms with Crippen LogP contribution in [0, 0.1) is 6.92 Å². The second kappa shape index (κ2) is 31.4. The number of para-hydroxylation sites is 1. The predicted octanol–water partition coefficient (Wildman–Crippen LogP) is 11.4. The number of rotatable bonds is 18. The number of carbonyl (C=O) groups excluding carboxylic acids is 6. The van der Waals surface area contributed by atoms with Gasteiger partial charge in [0.25, 0.3) is 17.7 Å². The molecule has 24 heteroatoms. The van der Waals surface area contributed by atoms with Crippen molar-refractivity contribution in [1.82, 2.24) is 44.2 Å². The molecule has 5 aliphatic heterocycles. The summed E-state index contributed by atoms with van der Waals surface area (Å²) in [6, 6.07) is 32.6. The predicted molar refractivity (Wildman–Crippen MR) is 377 cm³/mol. The van der Waals surface area contributed by atoms with E-state index in [1.807, 2.05) is 81.1 Å². The molecule has 0 spiro atoms. The van der Waals surface area contributed by atoms with Gasteiger partial charge in [-0.3, -0.25) is 43.2 Å². The fourth-order valence-corrected chi connectivity index (χ4v) is 14.8. The number of aryl methyl sites for hydroxylation is 1. The van der Waals surface area contributed by atoms with Crippen LogP contribution in [0.25, 0.3) is 0 Å². The summed E-state index contributed by atoms with van der Waals surface area (Å²) in [6.45, 7) is 10.6. The number of nitrogens with zero attached hydrogens (tertiary/aromatic N) is 11. The highest BCUT2D eigenvalue weighted by molar-refractivity contribution is 6.32. The summed E-state index contributed by atoms with van der Waals surface area (Å²) in [5, 5.41) is 15.3. The minimum atomic E-state index is -0.470. The Hall–Kier alpha value is -8.11. The smallest absolute Gasteiger partial charge is 0.255 e. The first-order valence-corrected chi connectivity index (χ1v) is 34.8. The average molecular weight is 1380 g/mol. The van der Waals surface area contributed by atoms with Gasteiger partial charge in [-0.05, 0) is 167 Å². The number of halogens is 4. The van der Waals surface area contributed by atoms with E-state index in [2.05, 4.69) is 35.6 Å². The van der Waals surface area contributed by atoms with E-state index in [9.17, 15) is 28.8 Å². The number of nitrogens with one attached hydrogen (secondary N) is 3. The number of likely N-dealkylation sites (tertiary alicyclic amines) is 3. The van der Waals surface area contributed by atoms with E-state index in [-0.39, 0.29) is 58.8 Å². The van der Waals surface area contributed by atoms with Crippen molar-refractivity contribution in [1.29, 1.82) is 0 Å².